The molecule has 22 heavy (non-hydrogen) atoms. The highest BCUT2D eigenvalue weighted by molar-refractivity contribution is 5.85. The maximum Gasteiger partial charge on any atom is 0.408 e. The maximum absolute atomic E-state index is 12.0. The summed E-state index contributed by atoms with van der Waals surface area (Å²) in [4.78, 5) is 23.7. The Morgan fingerprint density at radius 2 is 1.91 bits per heavy atom. The highest BCUT2D eigenvalue weighted by Gasteiger charge is 2.24. The first-order valence-electron chi connectivity index (χ1n) is 7.57. The number of aliphatic hydroxyl groups is 1. The molecule has 0 radical (unpaired) electrons. The van der Waals surface area contributed by atoms with E-state index < -0.39 is 18.7 Å². The molecule has 1 atom stereocenters. The lowest BCUT2D eigenvalue weighted by Gasteiger charge is -2.19. The number of amides is 2. The molecule has 2 rings (SSSR count). The van der Waals surface area contributed by atoms with Crippen LogP contribution in [0.15, 0.2) is 30.3 Å². The van der Waals surface area contributed by atoms with E-state index in [2.05, 4.69) is 10.6 Å². The predicted octanol–water partition coefficient (Wildman–Crippen LogP) is 1.33. The molecule has 1 aromatic rings. The number of hydrogen-bond donors (Lipinski definition) is 3. The Hall–Kier alpha value is -2.08. The first kappa shape index (κ1) is 16.3. The second-order valence-corrected chi connectivity index (χ2v) is 5.43. The van der Waals surface area contributed by atoms with Crippen molar-refractivity contribution in [1.82, 2.24) is 10.6 Å². The fourth-order valence-electron chi connectivity index (χ4n) is 2.47. The minimum atomic E-state index is -0.983. The molecular formula is C16H22N2O4. The van der Waals surface area contributed by atoms with Crippen LogP contribution in [0, 0.1) is 0 Å². The standard InChI is InChI=1S/C16H22N2O4/c19-10-14(15(20)17-13-8-4-5-9-13)18-16(21)22-11-12-6-2-1-3-7-12/h1-3,6-7,13-14,19H,4-5,8-11H2,(H,17,20)(H,18,21). The van der Waals surface area contributed by atoms with Crippen LogP contribution in [-0.2, 0) is 16.1 Å². The van der Waals surface area contributed by atoms with Crippen molar-refractivity contribution in [3.05, 3.63) is 35.9 Å². The zero-order valence-corrected chi connectivity index (χ0v) is 12.5. The number of aliphatic hydroxyl groups excluding tert-OH is 1. The smallest absolute Gasteiger partial charge is 0.408 e. The number of nitrogens with one attached hydrogen (secondary N) is 2. The molecule has 1 fully saturated rings. The molecular weight excluding hydrogens is 284 g/mol. The zero-order chi connectivity index (χ0) is 15.8. The Balaban J connectivity index is 1.76. The third-order valence-corrected chi connectivity index (χ3v) is 3.71. The number of carbonyl (C=O) groups is 2. The van der Waals surface area contributed by atoms with Crippen LogP contribution in [0.4, 0.5) is 4.79 Å². The van der Waals surface area contributed by atoms with Gasteiger partial charge >= 0.3 is 6.09 Å². The molecule has 0 heterocycles. The van der Waals surface area contributed by atoms with Gasteiger partial charge < -0.3 is 20.5 Å². The van der Waals surface area contributed by atoms with Crippen LogP contribution >= 0.6 is 0 Å². The predicted molar refractivity (Wildman–Crippen MR) is 81.0 cm³/mol. The van der Waals surface area contributed by atoms with E-state index in [9.17, 15) is 14.7 Å². The number of ether oxygens (including phenoxy) is 1. The van der Waals surface area contributed by atoms with Crippen molar-refractivity contribution in [1.29, 1.82) is 0 Å². The molecule has 2 amide bonds. The molecule has 0 spiro atoms. The minimum Gasteiger partial charge on any atom is -0.445 e. The quantitative estimate of drug-likeness (QED) is 0.740. The second kappa shape index (κ2) is 8.38. The summed E-state index contributed by atoms with van der Waals surface area (Å²) in [6, 6.07) is 8.41. The Kier molecular flexibility index (Phi) is 6.21. The molecule has 6 heteroatoms. The van der Waals surface area contributed by atoms with Crippen molar-refractivity contribution in [3.63, 3.8) is 0 Å². The summed E-state index contributed by atoms with van der Waals surface area (Å²) in [6.07, 6.45) is 3.37. The Bertz CT molecular complexity index is 486. The Morgan fingerprint density at radius 3 is 2.55 bits per heavy atom. The van der Waals surface area contributed by atoms with E-state index in [0.717, 1.165) is 31.2 Å². The fraction of sp³-hybridized carbons (Fsp3) is 0.500. The average molecular weight is 306 g/mol. The molecule has 0 aliphatic heterocycles. The first-order valence-corrected chi connectivity index (χ1v) is 7.57. The molecule has 1 aliphatic carbocycles. The third-order valence-electron chi connectivity index (χ3n) is 3.71. The summed E-state index contributed by atoms with van der Waals surface area (Å²) in [5.74, 6) is -0.369. The monoisotopic (exact) mass is 306 g/mol. The van der Waals surface area contributed by atoms with Crippen molar-refractivity contribution >= 4 is 12.0 Å². The highest BCUT2D eigenvalue weighted by atomic mass is 16.5. The molecule has 0 aromatic heterocycles. The molecule has 0 bridgehead atoms. The van der Waals surface area contributed by atoms with E-state index in [1.807, 2.05) is 30.3 Å². The van der Waals surface area contributed by atoms with Crippen molar-refractivity contribution in [2.75, 3.05) is 6.61 Å². The summed E-state index contributed by atoms with van der Waals surface area (Å²) in [5, 5.41) is 14.5. The first-order chi connectivity index (χ1) is 10.7. The molecule has 1 saturated carbocycles. The Labute approximate surface area is 129 Å². The van der Waals surface area contributed by atoms with Crippen LogP contribution in [0.3, 0.4) is 0 Å². The zero-order valence-electron chi connectivity index (χ0n) is 12.5. The van der Waals surface area contributed by atoms with Gasteiger partial charge in [0, 0.05) is 6.04 Å². The molecule has 120 valence electrons. The normalized spacial score (nSPS) is 16.0. The molecule has 6 nitrogen and oxygen atoms in total. The molecule has 0 saturated heterocycles. The summed E-state index contributed by atoms with van der Waals surface area (Å²) in [6.45, 7) is -0.339. The summed E-state index contributed by atoms with van der Waals surface area (Å²) in [5.41, 5.74) is 0.855. The highest BCUT2D eigenvalue weighted by Crippen LogP contribution is 2.17. The number of carbonyl (C=O) groups excluding carboxylic acids is 2. The van der Waals surface area contributed by atoms with Gasteiger partial charge in [0.25, 0.3) is 0 Å². The summed E-state index contributed by atoms with van der Waals surface area (Å²) < 4.78 is 5.04. The maximum atomic E-state index is 12.0. The number of benzene rings is 1. The van der Waals surface area contributed by atoms with Gasteiger partial charge in [0.05, 0.1) is 6.61 Å². The van der Waals surface area contributed by atoms with Gasteiger partial charge in [-0.2, -0.15) is 0 Å². The van der Waals surface area contributed by atoms with E-state index in [-0.39, 0.29) is 18.6 Å². The third kappa shape index (κ3) is 5.04. The van der Waals surface area contributed by atoms with Crippen molar-refractivity contribution < 1.29 is 19.4 Å². The van der Waals surface area contributed by atoms with E-state index in [0.29, 0.717) is 0 Å². The van der Waals surface area contributed by atoms with Gasteiger partial charge in [-0.15, -0.1) is 0 Å². The number of rotatable bonds is 6. The van der Waals surface area contributed by atoms with E-state index in [1.165, 1.54) is 0 Å². The minimum absolute atomic E-state index is 0.120. The van der Waals surface area contributed by atoms with Crippen molar-refractivity contribution in [2.45, 2.75) is 44.4 Å². The topological polar surface area (TPSA) is 87.7 Å². The fourth-order valence-corrected chi connectivity index (χ4v) is 2.47. The average Bonchev–Trinajstić information content (AvgIpc) is 3.04. The van der Waals surface area contributed by atoms with Crippen LogP contribution in [0.5, 0.6) is 0 Å². The van der Waals surface area contributed by atoms with Crippen molar-refractivity contribution in [3.8, 4) is 0 Å². The number of alkyl carbamates (subject to hydrolysis) is 1. The summed E-state index contributed by atoms with van der Waals surface area (Å²) in [7, 11) is 0. The van der Waals surface area contributed by atoms with Gasteiger partial charge in [-0.1, -0.05) is 43.2 Å². The lowest BCUT2D eigenvalue weighted by molar-refractivity contribution is -0.124. The number of hydrogen-bond acceptors (Lipinski definition) is 4. The second-order valence-electron chi connectivity index (χ2n) is 5.43. The van der Waals surface area contributed by atoms with Crippen molar-refractivity contribution in [2.24, 2.45) is 0 Å². The van der Waals surface area contributed by atoms with Crippen LogP contribution in [-0.4, -0.2) is 35.8 Å². The van der Waals surface area contributed by atoms with E-state index >= 15 is 0 Å². The lowest BCUT2D eigenvalue weighted by Crippen LogP contribution is -2.51. The van der Waals surface area contributed by atoms with Gasteiger partial charge in [-0.05, 0) is 18.4 Å². The van der Waals surface area contributed by atoms with Gasteiger partial charge in [0.15, 0.2) is 0 Å². The molecule has 1 aromatic carbocycles. The molecule has 3 N–H and O–H groups in total. The van der Waals surface area contributed by atoms with Crippen LogP contribution in [0.25, 0.3) is 0 Å². The molecule has 1 unspecified atom stereocenters. The Morgan fingerprint density at radius 1 is 1.23 bits per heavy atom. The van der Waals surface area contributed by atoms with Crippen LogP contribution in [0.2, 0.25) is 0 Å². The largest absolute Gasteiger partial charge is 0.445 e. The van der Waals surface area contributed by atoms with E-state index in [4.69, 9.17) is 4.74 Å². The van der Waals surface area contributed by atoms with Gasteiger partial charge in [0.1, 0.15) is 12.6 Å². The van der Waals surface area contributed by atoms with Crippen LogP contribution in [0.1, 0.15) is 31.2 Å². The van der Waals surface area contributed by atoms with Gasteiger partial charge in [0.2, 0.25) is 5.91 Å². The SMILES string of the molecule is O=C(NC(CO)C(=O)NC1CCCC1)OCc1ccccc1. The van der Waals surface area contributed by atoms with Gasteiger partial charge in [-0.25, -0.2) is 4.79 Å². The van der Waals surface area contributed by atoms with E-state index in [1.54, 1.807) is 0 Å². The van der Waals surface area contributed by atoms with Gasteiger partial charge in [-0.3, -0.25) is 4.79 Å². The lowest BCUT2D eigenvalue weighted by atomic mass is 10.2. The summed E-state index contributed by atoms with van der Waals surface area (Å²) >= 11 is 0. The van der Waals surface area contributed by atoms with Crippen LogP contribution < -0.4 is 10.6 Å². The molecule has 1 aliphatic rings.